The van der Waals surface area contributed by atoms with Gasteiger partial charge in [0.1, 0.15) is 0 Å². The lowest BCUT2D eigenvalue weighted by Crippen LogP contribution is -2.27. The Labute approximate surface area is 116 Å². The summed E-state index contributed by atoms with van der Waals surface area (Å²) in [4.78, 5) is 26.4. The first-order valence-corrected chi connectivity index (χ1v) is 7.09. The molecule has 0 N–H and O–H groups in total. The van der Waals surface area contributed by atoms with Crippen molar-refractivity contribution in [3.8, 4) is 0 Å². The average molecular weight is 278 g/mol. The van der Waals surface area contributed by atoms with E-state index < -0.39 is 0 Å². The minimum atomic E-state index is -0.132. The van der Waals surface area contributed by atoms with Crippen molar-refractivity contribution in [1.82, 2.24) is 9.13 Å². The lowest BCUT2D eigenvalue weighted by Gasteiger charge is -2.04. The summed E-state index contributed by atoms with van der Waals surface area (Å²) in [5.41, 5.74) is 0.597. The number of rotatable bonds is 4. The Hall–Kier alpha value is -1.62. The highest BCUT2D eigenvalue weighted by molar-refractivity contribution is 7.12. The maximum Gasteiger partial charge on any atom is 0.328 e. The van der Waals surface area contributed by atoms with Crippen LogP contribution in [0.1, 0.15) is 40.0 Å². The molecule has 0 unspecified atom stereocenters. The number of hydrogen-bond acceptors (Lipinski definition) is 3. The molecule has 0 spiro atoms. The van der Waals surface area contributed by atoms with Crippen LogP contribution in [0.4, 0.5) is 0 Å². The molecule has 2 rings (SSSR count). The number of ketones is 1. The van der Waals surface area contributed by atoms with Crippen LogP contribution in [0.2, 0.25) is 0 Å². The van der Waals surface area contributed by atoms with Gasteiger partial charge in [-0.2, -0.15) is 0 Å². The second-order valence-electron chi connectivity index (χ2n) is 4.96. The lowest BCUT2D eigenvalue weighted by molar-refractivity contribution is 0.0970. The van der Waals surface area contributed by atoms with E-state index in [2.05, 4.69) is 0 Å². The van der Waals surface area contributed by atoms with Gasteiger partial charge in [0.25, 0.3) is 0 Å². The number of thiophene rings is 1. The summed E-state index contributed by atoms with van der Waals surface area (Å²) in [7, 11) is 0. The van der Waals surface area contributed by atoms with Crippen molar-refractivity contribution in [2.45, 2.75) is 40.3 Å². The van der Waals surface area contributed by atoms with Gasteiger partial charge in [0.15, 0.2) is 5.78 Å². The molecular formula is C14H18N2O2S. The van der Waals surface area contributed by atoms with Crippen LogP contribution < -0.4 is 5.69 Å². The second kappa shape index (κ2) is 5.17. The summed E-state index contributed by atoms with van der Waals surface area (Å²) >= 11 is 1.61. The Bertz CT molecular complexity index is 661. The number of nitrogens with zero attached hydrogens (tertiary/aromatic N) is 2. The third-order valence-corrected chi connectivity index (χ3v) is 4.05. The van der Waals surface area contributed by atoms with E-state index in [0.29, 0.717) is 0 Å². The number of carbonyl (C=O) groups is 1. The molecule has 5 heteroatoms. The highest BCUT2D eigenvalue weighted by Crippen LogP contribution is 2.21. The van der Waals surface area contributed by atoms with Gasteiger partial charge in [-0.15, -0.1) is 11.3 Å². The smallest absolute Gasteiger partial charge is 0.297 e. The minimum absolute atomic E-state index is 0.00884. The van der Waals surface area contributed by atoms with Gasteiger partial charge >= 0.3 is 5.69 Å². The van der Waals surface area contributed by atoms with Gasteiger partial charge in [0.05, 0.1) is 6.54 Å². The van der Waals surface area contributed by atoms with Crippen LogP contribution >= 0.6 is 11.3 Å². The lowest BCUT2D eigenvalue weighted by atomic mass is 10.1. The fourth-order valence-corrected chi connectivity index (χ4v) is 3.03. The molecule has 0 radical (unpaired) electrons. The molecule has 0 aliphatic carbocycles. The molecule has 2 aromatic heterocycles. The van der Waals surface area contributed by atoms with Gasteiger partial charge in [-0.3, -0.25) is 13.9 Å². The van der Waals surface area contributed by atoms with Gasteiger partial charge < -0.3 is 0 Å². The largest absolute Gasteiger partial charge is 0.328 e. The Kier molecular flexibility index (Phi) is 3.75. The first-order chi connectivity index (χ1) is 8.90. The molecule has 2 aromatic rings. The fourth-order valence-electron chi connectivity index (χ4n) is 2.09. The van der Waals surface area contributed by atoms with Gasteiger partial charge in [0, 0.05) is 33.8 Å². The van der Waals surface area contributed by atoms with E-state index in [0.717, 1.165) is 15.3 Å². The van der Waals surface area contributed by atoms with Gasteiger partial charge in [-0.1, -0.05) is 0 Å². The van der Waals surface area contributed by atoms with Crippen LogP contribution in [-0.4, -0.2) is 14.9 Å². The number of imidazole rings is 1. The maximum absolute atomic E-state index is 12.2. The highest BCUT2D eigenvalue weighted by Gasteiger charge is 2.14. The predicted octanol–water partition coefficient (Wildman–Crippen LogP) is 2.79. The molecule has 2 heterocycles. The molecule has 4 nitrogen and oxygen atoms in total. The van der Waals surface area contributed by atoms with E-state index in [1.165, 1.54) is 4.57 Å². The van der Waals surface area contributed by atoms with Crippen LogP contribution in [-0.2, 0) is 6.54 Å². The molecule has 0 aliphatic rings. The Balaban J connectivity index is 2.25. The Morgan fingerprint density at radius 3 is 2.47 bits per heavy atom. The standard InChI is InChI=1S/C14H18N2O2S/c1-9(2)16-6-5-15(14(16)18)8-13(17)12-7-10(3)19-11(12)4/h5-7,9H,8H2,1-4H3. The molecular weight excluding hydrogens is 260 g/mol. The summed E-state index contributed by atoms with van der Waals surface area (Å²) < 4.78 is 3.09. The molecule has 0 bridgehead atoms. The van der Waals surface area contributed by atoms with Gasteiger partial charge in [0.2, 0.25) is 0 Å². The quantitative estimate of drug-likeness (QED) is 0.807. The topological polar surface area (TPSA) is 44.0 Å². The fraction of sp³-hybridized carbons (Fsp3) is 0.429. The third-order valence-electron chi connectivity index (χ3n) is 3.09. The number of carbonyl (C=O) groups excluding carboxylic acids is 1. The zero-order valence-corrected chi connectivity index (χ0v) is 12.5. The Morgan fingerprint density at radius 2 is 2.00 bits per heavy atom. The minimum Gasteiger partial charge on any atom is -0.297 e. The number of hydrogen-bond donors (Lipinski definition) is 0. The average Bonchev–Trinajstić information content (AvgIpc) is 2.83. The van der Waals surface area contributed by atoms with Crippen molar-refractivity contribution < 1.29 is 4.79 Å². The molecule has 0 atom stereocenters. The van der Waals surface area contributed by atoms with Gasteiger partial charge in [-0.05, 0) is 33.8 Å². The number of Topliss-reactive ketones (excluding diaryl/α,β-unsaturated/α-hetero) is 1. The van der Waals surface area contributed by atoms with Crippen LogP contribution in [0.3, 0.4) is 0 Å². The van der Waals surface area contributed by atoms with Gasteiger partial charge in [-0.25, -0.2) is 4.79 Å². The van der Waals surface area contributed by atoms with E-state index in [1.54, 1.807) is 28.3 Å². The maximum atomic E-state index is 12.2. The van der Waals surface area contributed by atoms with Crippen molar-refractivity contribution in [3.05, 3.63) is 44.3 Å². The summed E-state index contributed by atoms with van der Waals surface area (Å²) in [5, 5.41) is 0. The molecule has 102 valence electrons. The van der Waals surface area contributed by atoms with Crippen LogP contribution in [0, 0.1) is 13.8 Å². The van der Waals surface area contributed by atoms with Crippen LogP contribution in [0.25, 0.3) is 0 Å². The van der Waals surface area contributed by atoms with E-state index in [9.17, 15) is 9.59 Å². The molecule has 0 aliphatic heterocycles. The van der Waals surface area contributed by atoms with E-state index in [4.69, 9.17) is 0 Å². The predicted molar refractivity (Wildman–Crippen MR) is 77.2 cm³/mol. The van der Waals surface area contributed by atoms with Crippen molar-refractivity contribution in [2.75, 3.05) is 0 Å². The third kappa shape index (κ3) is 2.71. The number of aromatic nitrogens is 2. The summed E-state index contributed by atoms with van der Waals surface area (Å²) in [5.74, 6) is -0.00884. The summed E-state index contributed by atoms with van der Waals surface area (Å²) in [6, 6.07) is 2.00. The Morgan fingerprint density at radius 1 is 1.32 bits per heavy atom. The highest BCUT2D eigenvalue weighted by atomic mass is 32.1. The zero-order chi connectivity index (χ0) is 14.2. The molecule has 0 amide bonds. The van der Waals surface area contributed by atoms with Crippen molar-refractivity contribution in [1.29, 1.82) is 0 Å². The van der Waals surface area contributed by atoms with Crippen LogP contribution in [0.15, 0.2) is 23.3 Å². The van der Waals surface area contributed by atoms with E-state index >= 15 is 0 Å². The van der Waals surface area contributed by atoms with Crippen LogP contribution in [0.5, 0.6) is 0 Å². The van der Waals surface area contributed by atoms with E-state index in [-0.39, 0.29) is 24.1 Å². The van der Waals surface area contributed by atoms with Crippen molar-refractivity contribution in [2.24, 2.45) is 0 Å². The first kappa shape index (κ1) is 13.8. The summed E-state index contributed by atoms with van der Waals surface area (Å²) in [6.07, 6.45) is 3.40. The molecule has 0 saturated heterocycles. The van der Waals surface area contributed by atoms with E-state index in [1.807, 2.05) is 33.8 Å². The second-order valence-corrected chi connectivity index (χ2v) is 6.42. The van der Waals surface area contributed by atoms with Crippen molar-refractivity contribution >= 4 is 17.1 Å². The molecule has 0 aromatic carbocycles. The SMILES string of the molecule is Cc1cc(C(=O)Cn2ccn(C(C)C)c2=O)c(C)s1. The molecule has 19 heavy (non-hydrogen) atoms. The zero-order valence-electron chi connectivity index (χ0n) is 11.6. The summed E-state index contributed by atoms with van der Waals surface area (Å²) in [6.45, 7) is 7.91. The normalized spacial score (nSPS) is 11.2. The molecule has 0 fully saturated rings. The monoisotopic (exact) mass is 278 g/mol. The number of aryl methyl sites for hydroxylation is 2. The molecule has 0 saturated carbocycles. The van der Waals surface area contributed by atoms with Crippen molar-refractivity contribution in [3.63, 3.8) is 0 Å². The first-order valence-electron chi connectivity index (χ1n) is 6.27.